The summed E-state index contributed by atoms with van der Waals surface area (Å²) in [4.78, 5) is 21.4. The van der Waals surface area contributed by atoms with E-state index in [1.165, 1.54) is 25.8 Å². The van der Waals surface area contributed by atoms with Gasteiger partial charge in [0, 0.05) is 49.5 Å². The number of piperidine rings is 1. The highest BCUT2D eigenvalue weighted by atomic mass is 32.1. The van der Waals surface area contributed by atoms with Crippen molar-refractivity contribution in [2.75, 3.05) is 26.2 Å². The summed E-state index contributed by atoms with van der Waals surface area (Å²) in [7, 11) is 0. The Morgan fingerprint density at radius 3 is 3.17 bits per heavy atom. The molecule has 0 spiro atoms. The number of amides is 1. The highest BCUT2D eigenvalue weighted by Crippen LogP contribution is 2.22. The van der Waals surface area contributed by atoms with Crippen molar-refractivity contribution in [3.8, 4) is 11.4 Å². The second-order valence-electron chi connectivity index (χ2n) is 6.55. The Morgan fingerprint density at radius 1 is 1.33 bits per heavy atom. The molecule has 0 bridgehead atoms. The fraction of sp³-hybridized carbons (Fsp3) is 0.588. The van der Waals surface area contributed by atoms with Crippen LogP contribution in [0.5, 0.6) is 0 Å². The van der Waals surface area contributed by atoms with Gasteiger partial charge in [-0.15, -0.1) is 0 Å². The Hall–Kier alpha value is -1.73. The lowest BCUT2D eigenvalue weighted by atomic mass is 9.99. The van der Waals surface area contributed by atoms with Gasteiger partial charge < -0.3 is 9.42 Å². The number of nitrogens with zero attached hydrogens (tertiary/aromatic N) is 4. The summed E-state index contributed by atoms with van der Waals surface area (Å²) < 4.78 is 5.28. The first-order chi connectivity index (χ1) is 11.8. The molecule has 0 radical (unpaired) electrons. The molecule has 2 saturated heterocycles. The third-order valence-corrected chi connectivity index (χ3v) is 5.67. The lowest BCUT2D eigenvalue weighted by Crippen LogP contribution is -2.56. The van der Waals surface area contributed by atoms with Crippen LogP contribution in [0.15, 0.2) is 21.3 Å². The van der Waals surface area contributed by atoms with Gasteiger partial charge in [-0.25, -0.2) is 0 Å². The van der Waals surface area contributed by atoms with Gasteiger partial charge in [-0.3, -0.25) is 9.69 Å². The number of aromatic nitrogens is 2. The van der Waals surface area contributed by atoms with Crippen LogP contribution in [0, 0.1) is 0 Å². The molecule has 1 atom stereocenters. The molecule has 2 aromatic heterocycles. The maximum absolute atomic E-state index is 12.5. The van der Waals surface area contributed by atoms with Crippen LogP contribution in [-0.2, 0) is 11.2 Å². The van der Waals surface area contributed by atoms with E-state index in [1.54, 1.807) is 11.3 Å². The molecule has 7 heteroatoms. The first kappa shape index (κ1) is 15.8. The minimum Gasteiger partial charge on any atom is -0.340 e. The molecule has 2 fully saturated rings. The molecule has 2 aliphatic heterocycles. The van der Waals surface area contributed by atoms with E-state index in [0.29, 0.717) is 30.6 Å². The standard InChI is InChI=1S/C17H22N4O2S/c22-16(21-9-8-20-7-2-1-3-14(20)11-21)5-4-15-18-17(19-23-15)13-6-10-24-12-13/h6,10,12,14H,1-5,7-9,11H2/t14-/m0/s1. The van der Waals surface area contributed by atoms with Gasteiger partial charge in [0.05, 0.1) is 0 Å². The molecule has 1 amide bonds. The molecule has 4 heterocycles. The number of thiophene rings is 1. The van der Waals surface area contributed by atoms with E-state index in [2.05, 4.69) is 15.0 Å². The average molecular weight is 346 g/mol. The summed E-state index contributed by atoms with van der Waals surface area (Å²) in [5.74, 6) is 1.35. The zero-order chi connectivity index (χ0) is 16.4. The van der Waals surface area contributed by atoms with Gasteiger partial charge in [-0.2, -0.15) is 16.3 Å². The summed E-state index contributed by atoms with van der Waals surface area (Å²) >= 11 is 1.60. The minimum absolute atomic E-state index is 0.204. The van der Waals surface area contributed by atoms with Crippen LogP contribution < -0.4 is 0 Å². The van der Waals surface area contributed by atoms with Crippen molar-refractivity contribution in [2.45, 2.75) is 38.1 Å². The number of hydrogen-bond donors (Lipinski definition) is 0. The number of piperazine rings is 1. The molecule has 24 heavy (non-hydrogen) atoms. The molecular weight excluding hydrogens is 324 g/mol. The van der Waals surface area contributed by atoms with Gasteiger partial charge in [-0.1, -0.05) is 11.6 Å². The van der Waals surface area contributed by atoms with Crippen LogP contribution in [0.2, 0.25) is 0 Å². The van der Waals surface area contributed by atoms with Crippen molar-refractivity contribution < 1.29 is 9.32 Å². The van der Waals surface area contributed by atoms with Gasteiger partial charge in [-0.05, 0) is 30.8 Å². The Kier molecular flexibility index (Phi) is 4.62. The van der Waals surface area contributed by atoms with Gasteiger partial charge >= 0.3 is 0 Å². The third-order valence-electron chi connectivity index (χ3n) is 4.99. The molecule has 4 rings (SSSR count). The predicted octanol–water partition coefficient (Wildman–Crippen LogP) is 2.43. The molecule has 0 aliphatic carbocycles. The Morgan fingerprint density at radius 2 is 2.29 bits per heavy atom. The largest absolute Gasteiger partial charge is 0.340 e. The van der Waals surface area contributed by atoms with Gasteiger partial charge in [0.2, 0.25) is 17.6 Å². The summed E-state index contributed by atoms with van der Waals surface area (Å²) in [6.45, 7) is 3.93. The highest BCUT2D eigenvalue weighted by Gasteiger charge is 2.30. The maximum Gasteiger partial charge on any atom is 0.227 e. The predicted molar refractivity (Wildman–Crippen MR) is 91.7 cm³/mol. The van der Waals surface area contributed by atoms with Crippen LogP contribution in [0.25, 0.3) is 11.4 Å². The van der Waals surface area contributed by atoms with Crippen LogP contribution in [0.3, 0.4) is 0 Å². The van der Waals surface area contributed by atoms with Crippen molar-refractivity contribution in [1.29, 1.82) is 0 Å². The van der Waals surface area contributed by atoms with E-state index in [0.717, 1.165) is 25.2 Å². The number of fused-ring (bicyclic) bond motifs is 1. The highest BCUT2D eigenvalue weighted by molar-refractivity contribution is 7.08. The van der Waals surface area contributed by atoms with E-state index >= 15 is 0 Å². The fourth-order valence-corrected chi connectivity index (χ4v) is 4.25. The second-order valence-corrected chi connectivity index (χ2v) is 7.33. The minimum atomic E-state index is 0.204. The molecule has 0 unspecified atom stereocenters. The lowest BCUT2D eigenvalue weighted by molar-refractivity contribution is -0.134. The lowest BCUT2D eigenvalue weighted by Gasteiger charge is -2.44. The molecule has 0 aromatic carbocycles. The number of carbonyl (C=O) groups excluding carboxylic acids is 1. The number of rotatable bonds is 4. The van der Waals surface area contributed by atoms with E-state index in [9.17, 15) is 4.79 Å². The van der Waals surface area contributed by atoms with Crippen LogP contribution in [0.1, 0.15) is 31.6 Å². The molecular formula is C17H22N4O2S. The van der Waals surface area contributed by atoms with E-state index in [-0.39, 0.29) is 5.91 Å². The van der Waals surface area contributed by atoms with Crippen molar-refractivity contribution in [1.82, 2.24) is 19.9 Å². The first-order valence-electron chi connectivity index (χ1n) is 8.66. The second kappa shape index (κ2) is 7.03. The van der Waals surface area contributed by atoms with E-state index < -0.39 is 0 Å². The van der Waals surface area contributed by atoms with E-state index in [4.69, 9.17) is 4.52 Å². The van der Waals surface area contributed by atoms with Crippen molar-refractivity contribution in [3.05, 3.63) is 22.7 Å². The quantitative estimate of drug-likeness (QED) is 0.851. The van der Waals surface area contributed by atoms with Crippen molar-refractivity contribution >= 4 is 17.2 Å². The maximum atomic E-state index is 12.5. The zero-order valence-electron chi connectivity index (χ0n) is 13.7. The van der Waals surface area contributed by atoms with Crippen molar-refractivity contribution in [2.24, 2.45) is 0 Å². The Balaban J connectivity index is 1.30. The van der Waals surface area contributed by atoms with Gasteiger partial charge in [0.1, 0.15) is 0 Å². The molecule has 6 nitrogen and oxygen atoms in total. The van der Waals surface area contributed by atoms with Gasteiger partial charge in [0.25, 0.3) is 0 Å². The SMILES string of the molecule is O=C(CCc1nc(-c2ccsc2)no1)N1CCN2CCCC[C@H]2C1. The Bertz CT molecular complexity index is 685. The van der Waals surface area contributed by atoms with Crippen molar-refractivity contribution in [3.63, 3.8) is 0 Å². The summed E-state index contributed by atoms with van der Waals surface area (Å²) in [6.07, 6.45) is 4.76. The molecule has 128 valence electrons. The Labute approximate surface area is 145 Å². The van der Waals surface area contributed by atoms with Crippen LogP contribution in [-0.4, -0.2) is 58.1 Å². The van der Waals surface area contributed by atoms with Crippen LogP contribution in [0.4, 0.5) is 0 Å². The smallest absolute Gasteiger partial charge is 0.227 e. The summed E-state index contributed by atoms with van der Waals surface area (Å²) in [5, 5.41) is 7.97. The number of aryl methyl sites for hydroxylation is 1. The summed E-state index contributed by atoms with van der Waals surface area (Å²) in [5.41, 5.74) is 0.967. The normalized spacial score (nSPS) is 21.7. The summed E-state index contributed by atoms with van der Waals surface area (Å²) in [6, 6.07) is 2.53. The van der Waals surface area contributed by atoms with Gasteiger partial charge in [0.15, 0.2) is 0 Å². The molecule has 2 aliphatic rings. The van der Waals surface area contributed by atoms with Crippen LogP contribution >= 0.6 is 11.3 Å². The third kappa shape index (κ3) is 3.37. The zero-order valence-corrected chi connectivity index (χ0v) is 14.5. The monoisotopic (exact) mass is 346 g/mol. The molecule has 0 N–H and O–H groups in total. The first-order valence-corrected chi connectivity index (χ1v) is 9.61. The topological polar surface area (TPSA) is 62.5 Å². The fourth-order valence-electron chi connectivity index (χ4n) is 3.62. The number of hydrogen-bond acceptors (Lipinski definition) is 6. The average Bonchev–Trinajstić information content (AvgIpc) is 3.30. The number of carbonyl (C=O) groups is 1. The molecule has 0 saturated carbocycles. The molecule has 2 aromatic rings. The van der Waals surface area contributed by atoms with E-state index in [1.807, 2.05) is 21.7 Å².